The molecule has 0 spiro atoms. The van der Waals surface area contributed by atoms with Crippen molar-refractivity contribution in [3.8, 4) is 0 Å². The lowest BCUT2D eigenvalue weighted by Crippen LogP contribution is -1.88. The van der Waals surface area contributed by atoms with Crippen LogP contribution in [0.25, 0.3) is 10.1 Å². The van der Waals surface area contributed by atoms with Crippen molar-refractivity contribution in [3.05, 3.63) is 54.4 Å². The van der Waals surface area contributed by atoms with Crippen LogP contribution in [0.3, 0.4) is 0 Å². The second kappa shape index (κ2) is 5.37. The molecule has 0 saturated heterocycles. The van der Waals surface area contributed by atoms with Crippen molar-refractivity contribution in [2.75, 3.05) is 0 Å². The van der Waals surface area contributed by atoms with Crippen LogP contribution in [0.5, 0.6) is 0 Å². The predicted octanol–water partition coefficient (Wildman–Crippen LogP) is 6.97. The number of alkyl halides is 1. The number of hydrogen-bond acceptors (Lipinski definition) is 2. The summed E-state index contributed by atoms with van der Waals surface area (Å²) in [5.74, 6) is 0. The van der Waals surface area contributed by atoms with E-state index < -0.39 is 0 Å². The lowest BCUT2D eigenvalue weighted by molar-refractivity contribution is 1.25. The minimum Gasteiger partial charge on any atom is -0.146 e. The first-order valence-electron chi connectivity index (χ1n) is 5.21. The van der Waals surface area contributed by atoms with Gasteiger partial charge in [0.15, 0.2) is 0 Å². The molecule has 1 atom stereocenters. The molecule has 1 aromatic carbocycles. The summed E-state index contributed by atoms with van der Waals surface area (Å²) in [6, 6.07) is 8.46. The predicted molar refractivity (Wildman–Crippen MR) is 92.3 cm³/mol. The summed E-state index contributed by atoms with van der Waals surface area (Å²) in [4.78, 5) is 1.56. The van der Waals surface area contributed by atoms with Gasteiger partial charge in [-0.3, -0.25) is 0 Å². The second-order valence-corrected chi connectivity index (χ2v) is 8.25. The maximum absolute atomic E-state index is 3.82. The van der Waals surface area contributed by atoms with Gasteiger partial charge >= 0.3 is 0 Å². The number of benzene rings is 1. The lowest BCUT2D eigenvalue weighted by atomic mass is 10.1. The first-order chi connectivity index (χ1) is 8.68. The Bertz CT molecular complexity index is 699. The summed E-state index contributed by atoms with van der Waals surface area (Å²) in [5, 5.41) is 5.66. The van der Waals surface area contributed by atoms with Gasteiger partial charge in [0, 0.05) is 18.5 Å². The molecule has 0 amide bonds. The molecule has 92 valence electrons. The van der Waals surface area contributed by atoms with Crippen LogP contribution in [0, 0.1) is 0 Å². The van der Waals surface area contributed by atoms with Crippen molar-refractivity contribution in [2.45, 2.75) is 4.83 Å². The van der Waals surface area contributed by atoms with Crippen LogP contribution in [0.1, 0.15) is 15.3 Å². The molecular formula is C13H7Br3S2. The van der Waals surface area contributed by atoms with E-state index >= 15 is 0 Å². The average Bonchev–Trinajstić information content (AvgIpc) is 2.95. The van der Waals surface area contributed by atoms with Crippen molar-refractivity contribution in [3.63, 3.8) is 0 Å². The monoisotopic (exact) mass is 464 g/mol. The molecule has 0 saturated carbocycles. The molecule has 2 aromatic heterocycles. The van der Waals surface area contributed by atoms with E-state index in [9.17, 15) is 0 Å². The largest absolute Gasteiger partial charge is 0.146 e. The van der Waals surface area contributed by atoms with E-state index in [0.29, 0.717) is 0 Å². The standard InChI is InChI=1S/C13H7Br3S2/c14-9-3-1-2-7-8(6-18-12(7)9)11(16)13-10(15)4-5-17-13/h1-6,11H. The molecule has 3 rings (SSSR count). The van der Waals surface area contributed by atoms with Gasteiger partial charge in [0.25, 0.3) is 0 Å². The molecule has 1 unspecified atom stereocenters. The highest BCUT2D eigenvalue weighted by atomic mass is 79.9. The number of hydrogen-bond donors (Lipinski definition) is 0. The Balaban J connectivity index is 2.16. The lowest BCUT2D eigenvalue weighted by Gasteiger charge is -2.08. The number of thiophene rings is 2. The van der Waals surface area contributed by atoms with Crippen LogP contribution in [0.2, 0.25) is 0 Å². The summed E-state index contributed by atoms with van der Waals surface area (Å²) in [7, 11) is 0. The zero-order valence-electron chi connectivity index (χ0n) is 8.99. The van der Waals surface area contributed by atoms with Gasteiger partial charge in [-0.2, -0.15) is 0 Å². The van der Waals surface area contributed by atoms with Gasteiger partial charge in [0.2, 0.25) is 0 Å². The van der Waals surface area contributed by atoms with Crippen molar-refractivity contribution >= 4 is 80.5 Å². The molecule has 0 radical (unpaired) electrons. The first-order valence-corrected chi connectivity index (χ1v) is 9.47. The summed E-state index contributed by atoms with van der Waals surface area (Å²) in [6.45, 7) is 0. The Labute approximate surface area is 138 Å². The van der Waals surface area contributed by atoms with Crippen LogP contribution in [-0.4, -0.2) is 0 Å². The van der Waals surface area contributed by atoms with Gasteiger partial charge < -0.3 is 0 Å². The molecule has 0 N–H and O–H groups in total. The molecule has 2 heterocycles. The highest BCUT2D eigenvalue weighted by Crippen LogP contribution is 2.44. The first kappa shape index (κ1) is 13.3. The summed E-state index contributed by atoms with van der Waals surface area (Å²) in [5.41, 5.74) is 1.33. The van der Waals surface area contributed by atoms with E-state index in [1.807, 2.05) is 0 Å². The Hall–Kier alpha value is 0.320. The van der Waals surface area contributed by atoms with E-state index in [4.69, 9.17) is 0 Å². The van der Waals surface area contributed by atoms with Crippen LogP contribution in [0.4, 0.5) is 0 Å². The van der Waals surface area contributed by atoms with Crippen molar-refractivity contribution in [2.24, 2.45) is 0 Å². The zero-order valence-corrected chi connectivity index (χ0v) is 15.4. The summed E-state index contributed by atoms with van der Waals surface area (Å²) < 4.78 is 3.65. The average molecular weight is 467 g/mol. The molecule has 0 nitrogen and oxygen atoms in total. The maximum atomic E-state index is 3.82. The maximum Gasteiger partial charge on any atom is 0.0763 e. The van der Waals surface area contributed by atoms with E-state index in [0.717, 1.165) is 0 Å². The van der Waals surface area contributed by atoms with Gasteiger partial charge in [-0.05, 0) is 65.7 Å². The number of fused-ring (bicyclic) bond motifs is 1. The molecular weight excluding hydrogens is 460 g/mol. The zero-order chi connectivity index (χ0) is 12.7. The second-order valence-electron chi connectivity index (χ2n) is 3.80. The number of rotatable bonds is 2. The topological polar surface area (TPSA) is 0 Å². The third kappa shape index (κ3) is 2.24. The fourth-order valence-corrected chi connectivity index (χ4v) is 6.54. The fraction of sp³-hybridized carbons (Fsp3) is 0.0769. The molecule has 3 aromatic rings. The van der Waals surface area contributed by atoms with Crippen LogP contribution in [-0.2, 0) is 0 Å². The SMILES string of the molecule is Brc1ccsc1C(Br)c1csc2c(Br)cccc12. The molecule has 0 aliphatic heterocycles. The Morgan fingerprint density at radius 3 is 2.56 bits per heavy atom. The van der Waals surface area contributed by atoms with Crippen molar-refractivity contribution in [1.29, 1.82) is 0 Å². The molecule has 5 heteroatoms. The number of halogens is 3. The summed E-state index contributed by atoms with van der Waals surface area (Å²) >= 11 is 14.6. The Kier molecular flexibility index (Phi) is 3.97. The molecule has 0 aliphatic carbocycles. The Morgan fingerprint density at radius 2 is 1.83 bits per heavy atom. The third-order valence-corrected chi connectivity index (χ3v) is 7.89. The van der Waals surface area contributed by atoms with Gasteiger partial charge in [-0.25, -0.2) is 0 Å². The summed E-state index contributed by atoms with van der Waals surface area (Å²) in [6.07, 6.45) is 0. The fourth-order valence-electron chi connectivity index (χ4n) is 1.87. The molecule has 0 fully saturated rings. The van der Waals surface area contributed by atoms with E-state index in [-0.39, 0.29) is 4.83 Å². The van der Waals surface area contributed by atoms with Crippen molar-refractivity contribution in [1.82, 2.24) is 0 Å². The minimum atomic E-state index is 0.245. The van der Waals surface area contributed by atoms with E-state index in [1.165, 1.54) is 29.5 Å². The highest BCUT2D eigenvalue weighted by Gasteiger charge is 2.19. The van der Waals surface area contributed by atoms with E-state index in [1.54, 1.807) is 22.7 Å². The van der Waals surface area contributed by atoms with Gasteiger partial charge in [-0.1, -0.05) is 28.1 Å². The normalized spacial score (nSPS) is 13.1. The molecule has 0 aliphatic rings. The van der Waals surface area contributed by atoms with Gasteiger partial charge in [0.05, 0.1) is 4.83 Å². The van der Waals surface area contributed by atoms with Crippen molar-refractivity contribution < 1.29 is 0 Å². The highest BCUT2D eigenvalue weighted by molar-refractivity contribution is 9.11. The van der Waals surface area contributed by atoms with E-state index in [2.05, 4.69) is 82.8 Å². The molecule has 0 bridgehead atoms. The quantitative estimate of drug-likeness (QED) is 0.357. The minimum absolute atomic E-state index is 0.245. The van der Waals surface area contributed by atoms with Gasteiger partial charge in [0.1, 0.15) is 0 Å². The van der Waals surface area contributed by atoms with Crippen LogP contribution < -0.4 is 0 Å². The van der Waals surface area contributed by atoms with Gasteiger partial charge in [-0.15, -0.1) is 22.7 Å². The third-order valence-electron chi connectivity index (χ3n) is 2.73. The van der Waals surface area contributed by atoms with Crippen LogP contribution >= 0.6 is 70.5 Å². The van der Waals surface area contributed by atoms with Crippen LogP contribution in [0.15, 0.2) is 44.0 Å². The Morgan fingerprint density at radius 1 is 1.00 bits per heavy atom. The molecule has 18 heavy (non-hydrogen) atoms. The smallest absolute Gasteiger partial charge is 0.0763 e.